The van der Waals surface area contributed by atoms with E-state index in [-0.39, 0.29) is 0 Å². The number of hydrogen-bond donors (Lipinski definition) is 0. The quantitative estimate of drug-likeness (QED) is 0.749. The molecule has 1 heterocycles. The van der Waals surface area contributed by atoms with Crippen molar-refractivity contribution in [2.45, 2.75) is 6.92 Å². The molecule has 0 aliphatic heterocycles. The summed E-state index contributed by atoms with van der Waals surface area (Å²) in [5.41, 5.74) is 2.28. The first-order chi connectivity index (χ1) is 8.79. The average Bonchev–Trinajstić information content (AvgIpc) is 2.40. The number of aryl methyl sites for hydroxylation is 1. The van der Waals surface area contributed by atoms with E-state index in [1.165, 1.54) is 5.56 Å². The average molecular weight is 240 g/mol. The summed E-state index contributed by atoms with van der Waals surface area (Å²) in [6.07, 6.45) is 8.25. The van der Waals surface area contributed by atoms with Crippen LogP contribution in [0.15, 0.2) is 48.8 Å². The molecule has 1 aromatic heterocycles. The van der Waals surface area contributed by atoms with Gasteiger partial charge in [-0.3, -0.25) is 0 Å². The molecule has 2 rings (SSSR count). The zero-order valence-corrected chi connectivity index (χ0v) is 10.8. The lowest BCUT2D eigenvalue weighted by Crippen LogP contribution is -2.25. The largest absolute Gasteiger partial charge is 0.493 e. The fourth-order valence-electron chi connectivity index (χ4n) is 1.71. The van der Waals surface area contributed by atoms with Crippen LogP contribution in [0.2, 0.25) is 0 Å². The van der Waals surface area contributed by atoms with Crippen LogP contribution in [0.5, 0.6) is 5.75 Å². The molecule has 0 fully saturated rings. The van der Waals surface area contributed by atoms with Crippen molar-refractivity contribution in [3.8, 4) is 5.75 Å². The van der Waals surface area contributed by atoms with Crippen molar-refractivity contribution in [1.82, 2.24) is 0 Å². The van der Waals surface area contributed by atoms with Crippen LogP contribution in [0.4, 0.5) is 0 Å². The van der Waals surface area contributed by atoms with Gasteiger partial charge in [0, 0.05) is 17.7 Å². The number of benzene rings is 1. The van der Waals surface area contributed by atoms with Crippen LogP contribution in [-0.4, -0.2) is 6.61 Å². The lowest BCUT2D eigenvalue weighted by Gasteiger charge is -2.06. The van der Waals surface area contributed by atoms with Gasteiger partial charge in [-0.1, -0.05) is 30.4 Å². The minimum atomic E-state index is 0.687. The molecule has 2 heteroatoms. The molecule has 2 nitrogen and oxygen atoms in total. The fourth-order valence-corrected chi connectivity index (χ4v) is 1.71. The number of pyridine rings is 1. The van der Waals surface area contributed by atoms with Gasteiger partial charge in [0.15, 0.2) is 12.4 Å². The summed E-state index contributed by atoms with van der Waals surface area (Å²) in [7, 11) is 2.01. The molecule has 18 heavy (non-hydrogen) atoms. The summed E-state index contributed by atoms with van der Waals surface area (Å²) in [6.45, 7) is 2.68. The van der Waals surface area contributed by atoms with Gasteiger partial charge >= 0.3 is 0 Å². The number of ether oxygens (including phenoxy) is 1. The Balaban J connectivity index is 2.20. The van der Waals surface area contributed by atoms with E-state index in [1.807, 2.05) is 49.1 Å². The predicted octanol–water partition coefficient (Wildman–Crippen LogP) is 3.08. The van der Waals surface area contributed by atoms with Crippen LogP contribution in [0.3, 0.4) is 0 Å². The highest BCUT2D eigenvalue weighted by Gasteiger charge is 1.98. The van der Waals surface area contributed by atoms with E-state index in [0.29, 0.717) is 6.61 Å². The van der Waals surface area contributed by atoms with E-state index in [1.54, 1.807) is 0 Å². The molecular formula is C16H18NO+. The van der Waals surface area contributed by atoms with Gasteiger partial charge in [0.1, 0.15) is 12.8 Å². The van der Waals surface area contributed by atoms with Crippen LogP contribution >= 0.6 is 0 Å². The summed E-state index contributed by atoms with van der Waals surface area (Å²) in [6, 6.07) is 12.2. The molecule has 0 saturated carbocycles. The van der Waals surface area contributed by atoms with Gasteiger partial charge < -0.3 is 4.74 Å². The molecule has 0 unspecified atom stereocenters. The number of rotatable bonds is 4. The highest BCUT2D eigenvalue weighted by Crippen LogP contribution is 2.20. The molecule has 92 valence electrons. The summed E-state index contributed by atoms with van der Waals surface area (Å²) in [4.78, 5) is 0. The molecule has 0 spiro atoms. The minimum absolute atomic E-state index is 0.687. The Bertz CT molecular complexity index is 529. The van der Waals surface area contributed by atoms with Crippen molar-refractivity contribution in [2.75, 3.05) is 6.61 Å². The highest BCUT2D eigenvalue weighted by atomic mass is 16.5. The SMILES string of the molecule is CCOc1ccccc1/C=C/c1cc[n+](C)cc1. The lowest BCUT2D eigenvalue weighted by atomic mass is 10.1. The lowest BCUT2D eigenvalue weighted by molar-refractivity contribution is -0.671. The van der Waals surface area contributed by atoms with Gasteiger partial charge in [0.25, 0.3) is 0 Å². The van der Waals surface area contributed by atoms with Crippen molar-refractivity contribution in [3.63, 3.8) is 0 Å². The molecule has 0 aliphatic rings. The summed E-state index contributed by atoms with van der Waals surface area (Å²) < 4.78 is 7.61. The predicted molar refractivity (Wildman–Crippen MR) is 74.2 cm³/mol. The van der Waals surface area contributed by atoms with Crippen molar-refractivity contribution < 1.29 is 9.30 Å². The maximum absolute atomic E-state index is 5.59. The van der Waals surface area contributed by atoms with Crippen LogP contribution in [-0.2, 0) is 7.05 Å². The molecule has 0 atom stereocenters. The minimum Gasteiger partial charge on any atom is -0.493 e. The van der Waals surface area contributed by atoms with Crippen LogP contribution in [0, 0.1) is 0 Å². The Morgan fingerprint density at radius 2 is 1.78 bits per heavy atom. The Hall–Kier alpha value is -2.09. The molecule has 0 radical (unpaired) electrons. The van der Waals surface area contributed by atoms with Gasteiger partial charge in [-0.05, 0) is 18.6 Å². The Labute approximate surface area is 108 Å². The van der Waals surface area contributed by atoms with E-state index in [2.05, 4.69) is 30.4 Å². The number of hydrogen-bond acceptors (Lipinski definition) is 1. The van der Waals surface area contributed by atoms with Crippen molar-refractivity contribution >= 4 is 12.2 Å². The van der Waals surface area contributed by atoms with Gasteiger partial charge in [-0.15, -0.1) is 0 Å². The summed E-state index contributed by atoms with van der Waals surface area (Å²) in [5, 5.41) is 0. The third kappa shape index (κ3) is 3.20. The first-order valence-electron chi connectivity index (χ1n) is 6.15. The maximum Gasteiger partial charge on any atom is 0.169 e. The zero-order valence-electron chi connectivity index (χ0n) is 10.8. The van der Waals surface area contributed by atoms with Crippen molar-refractivity contribution in [1.29, 1.82) is 0 Å². The Kier molecular flexibility index (Phi) is 4.13. The second kappa shape index (κ2) is 6.01. The van der Waals surface area contributed by atoms with Crippen LogP contribution < -0.4 is 9.30 Å². The third-order valence-corrected chi connectivity index (χ3v) is 2.68. The van der Waals surface area contributed by atoms with Crippen molar-refractivity contribution in [3.05, 3.63) is 59.9 Å². The van der Waals surface area contributed by atoms with E-state index in [9.17, 15) is 0 Å². The molecule has 0 aliphatic carbocycles. The first-order valence-corrected chi connectivity index (χ1v) is 6.15. The fraction of sp³-hybridized carbons (Fsp3) is 0.188. The van der Waals surface area contributed by atoms with E-state index < -0.39 is 0 Å². The van der Waals surface area contributed by atoms with Crippen LogP contribution in [0.1, 0.15) is 18.1 Å². The van der Waals surface area contributed by atoms with E-state index in [4.69, 9.17) is 4.74 Å². The first kappa shape index (κ1) is 12.4. The Morgan fingerprint density at radius 1 is 1.06 bits per heavy atom. The number of aromatic nitrogens is 1. The van der Waals surface area contributed by atoms with Gasteiger partial charge in [-0.25, -0.2) is 4.57 Å². The molecule has 0 bridgehead atoms. The maximum atomic E-state index is 5.59. The van der Waals surface area contributed by atoms with E-state index in [0.717, 1.165) is 11.3 Å². The Morgan fingerprint density at radius 3 is 2.50 bits per heavy atom. The zero-order chi connectivity index (χ0) is 12.8. The molecular weight excluding hydrogens is 222 g/mol. The second-order valence-electron chi connectivity index (χ2n) is 4.10. The molecule has 0 N–H and O–H groups in total. The van der Waals surface area contributed by atoms with Gasteiger partial charge in [0.2, 0.25) is 0 Å². The molecule has 0 amide bonds. The standard InChI is InChI=1S/C16H18NO/c1-3-18-16-7-5-4-6-15(16)9-8-14-10-12-17(2)13-11-14/h4-13H,3H2,1-2H3/q+1/b9-8+. The van der Waals surface area contributed by atoms with Crippen molar-refractivity contribution in [2.24, 2.45) is 7.05 Å². The monoisotopic (exact) mass is 240 g/mol. The summed E-state index contributed by atoms with van der Waals surface area (Å²) >= 11 is 0. The summed E-state index contributed by atoms with van der Waals surface area (Å²) in [5.74, 6) is 0.928. The molecule has 2 aromatic rings. The molecule has 0 saturated heterocycles. The smallest absolute Gasteiger partial charge is 0.169 e. The van der Waals surface area contributed by atoms with Gasteiger partial charge in [0.05, 0.1) is 6.61 Å². The second-order valence-corrected chi connectivity index (χ2v) is 4.10. The number of nitrogens with zero attached hydrogens (tertiary/aromatic N) is 1. The normalized spacial score (nSPS) is 10.8. The molecule has 1 aromatic carbocycles. The topological polar surface area (TPSA) is 13.1 Å². The highest BCUT2D eigenvalue weighted by molar-refractivity contribution is 5.72. The van der Waals surface area contributed by atoms with Crippen LogP contribution in [0.25, 0.3) is 12.2 Å². The van der Waals surface area contributed by atoms with Gasteiger partial charge in [-0.2, -0.15) is 0 Å². The number of para-hydroxylation sites is 1. The third-order valence-electron chi connectivity index (χ3n) is 2.68. The van der Waals surface area contributed by atoms with E-state index >= 15 is 0 Å².